The number of rotatable bonds is 5. The maximum atomic E-state index is 3.78. The van der Waals surface area contributed by atoms with Gasteiger partial charge in [-0.2, -0.15) is 0 Å². The van der Waals surface area contributed by atoms with Crippen molar-refractivity contribution in [2.24, 2.45) is 5.92 Å². The zero-order chi connectivity index (χ0) is 14.8. The summed E-state index contributed by atoms with van der Waals surface area (Å²) in [5, 5.41) is 3.78. The van der Waals surface area contributed by atoms with Gasteiger partial charge in [0.25, 0.3) is 0 Å². The van der Waals surface area contributed by atoms with Gasteiger partial charge in [0.15, 0.2) is 0 Å². The maximum Gasteiger partial charge on any atom is 0.0701 e. The third-order valence-electron chi connectivity index (χ3n) is 4.88. The zero-order valence-corrected chi connectivity index (χ0v) is 15.5. The Morgan fingerprint density at radius 2 is 2.10 bits per heavy atom. The van der Waals surface area contributed by atoms with Crippen LogP contribution in [0.3, 0.4) is 0 Å². The first kappa shape index (κ1) is 16.5. The van der Waals surface area contributed by atoms with Gasteiger partial charge in [-0.3, -0.25) is 4.90 Å². The summed E-state index contributed by atoms with van der Waals surface area (Å²) >= 11 is 5.45. The predicted molar refractivity (Wildman–Crippen MR) is 92.4 cm³/mol. The molecular weight excluding hydrogens is 332 g/mol. The molecule has 0 aromatic carbocycles. The fourth-order valence-corrected chi connectivity index (χ4v) is 4.68. The first-order chi connectivity index (χ1) is 9.50. The monoisotopic (exact) mass is 358 g/mol. The summed E-state index contributed by atoms with van der Waals surface area (Å²) in [6.45, 7) is 12.7. The lowest BCUT2D eigenvalue weighted by Crippen LogP contribution is -2.64. The van der Waals surface area contributed by atoms with Crippen molar-refractivity contribution >= 4 is 27.3 Å². The van der Waals surface area contributed by atoms with Gasteiger partial charge in [0.2, 0.25) is 0 Å². The predicted octanol–water partition coefficient (Wildman–Crippen LogP) is 4.50. The summed E-state index contributed by atoms with van der Waals surface area (Å²) in [5.41, 5.74) is 0.321. The molecule has 2 rings (SSSR count). The third kappa shape index (κ3) is 3.46. The fourth-order valence-electron chi connectivity index (χ4n) is 3.18. The SMILES string of the molecule is CCC1(CC)CNC(C(C)C)CN1Cc1ccc(Br)s1. The molecule has 2 heterocycles. The molecule has 1 fully saturated rings. The average molecular weight is 359 g/mol. The number of thiophene rings is 1. The molecule has 1 aromatic rings. The van der Waals surface area contributed by atoms with Crippen molar-refractivity contribution in [1.82, 2.24) is 10.2 Å². The van der Waals surface area contributed by atoms with Crippen molar-refractivity contribution in [3.8, 4) is 0 Å². The van der Waals surface area contributed by atoms with E-state index in [0.717, 1.165) is 19.6 Å². The van der Waals surface area contributed by atoms with E-state index in [1.807, 2.05) is 11.3 Å². The Bertz CT molecular complexity index is 426. The highest BCUT2D eigenvalue weighted by Gasteiger charge is 2.39. The number of nitrogens with zero attached hydrogens (tertiary/aromatic N) is 1. The van der Waals surface area contributed by atoms with Crippen LogP contribution in [0.15, 0.2) is 15.9 Å². The lowest BCUT2D eigenvalue weighted by molar-refractivity contribution is 0.0164. The second-order valence-electron chi connectivity index (χ2n) is 6.25. The quantitative estimate of drug-likeness (QED) is 0.833. The summed E-state index contributed by atoms with van der Waals surface area (Å²) < 4.78 is 1.24. The first-order valence-corrected chi connectivity index (χ1v) is 9.34. The van der Waals surface area contributed by atoms with Crippen LogP contribution in [0.5, 0.6) is 0 Å². The summed E-state index contributed by atoms with van der Waals surface area (Å²) in [5.74, 6) is 0.694. The zero-order valence-electron chi connectivity index (χ0n) is 13.1. The van der Waals surface area contributed by atoms with Gasteiger partial charge < -0.3 is 5.32 Å². The van der Waals surface area contributed by atoms with Crippen LogP contribution in [0.4, 0.5) is 0 Å². The molecule has 1 saturated heterocycles. The van der Waals surface area contributed by atoms with Crippen molar-refractivity contribution in [1.29, 1.82) is 0 Å². The number of halogens is 1. The molecule has 1 atom stereocenters. The molecule has 1 aliphatic rings. The Morgan fingerprint density at radius 3 is 2.60 bits per heavy atom. The second-order valence-corrected chi connectivity index (χ2v) is 8.80. The number of hydrogen-bond acceptors (Lipinski definition) is 3. The fraction of sp³-hybridized carbons (Fsp3) is 0.750. The molecule has 114 valence electrons. The molecule has 0 amide bonds. The van der Waals surface area contributed by atoms with Crippen molar-refractivity contribution in [2.75, 3.05) is 13.1 Å². The summed E-state index contributed by atoms with van der Waals surface area (Å²) in [6, 6.07) is 5.04. The summed E-state index contributed by atoms with van der Waals surface area (Å²) in [6.07, 6.45) is 2.43. The largest absolute Gasteiger partial charge is 0.311 e. The minimum atomic E-state index is 0.321. The molecule has 1 N–H and O–H groups in total. The molecule has 0 radical (unpaired) electrons. The molecule has 4 heteroatoms. The van der Waals surface area contributed by atoms with E-state index in [-0.39, 0.29) is 0 Å². The average Bonchev–Trinajstić information content (AvgIpc) is 2.84. The van der Waals surface area contributed by atoms with Gasteiger partial charge in [-0.1, -0.05) is 27.7 Å². The molecular formula is C16H27BrN2S. The van der Waals surface area contributed by atoms with Gasteiger partial charge in [0.05, 0.1) is 3.79 Å². The van der Waals surface area contributed by atoms with Gasteiger partial charge in [-0.25, -0.2) is 0 Å². The molecule has 0 saturated carbocycles. The Hall–Kier alpha value is 0.1000. The Labute approximate surface area is 136 Å². The van der Waals surface area contributed by atoms with Gasteiger partial charge in [0.1, 0.15) is 0 Å². The van der Waals surface area contributed by atoms with Gasteiger partial charge in [-0.05, 0) is 46.8 Å². The highest BCUT2D eigenvalue weighted by atomic mass is 79.9. The third-order valence-corrected chi connectivity index (χ3v) is 6.49. The van der Waals surface area contributed by atoms with E-state index in [2.05, 4.69) is 66.0 Å². The van der Waals surface area contributed by atoms with Crippen LogP contribution in [0, 0.1) is 5.92 Å². The lowest BCUT2D eigenvalue weighted by atomic mass is 9.85. The standard InChI is InChI=1S/C16H27BrN2S/c1-5-16(6-2)11-18-14(12(3)4)10-19(16)9-13-7-8-15(17)20-13/h7-8,12,14,18H,5-6,9-11H2,1-4H3. The van der Waals surface area contributed by atoms with Crippen LogP contribution in [0.2, 0.25) is 0 Å². The van der Waals surface area contributed by atoms with E-state index >= 15 is 0 Å². The Morgan fingerprint density at radius 1 is 1.40 bits per heavy atom. The van der Waals surface area contributed by atoms with Crippen LogP contribution in [-0.4, -0.2) is 29.6 Å². The Kier molecular flexibility index (Phi) is 5.69. The van der Waals surface area contributed by atoms with Crippen molar-refractivity contribution in [3.63, 3.8) is 0 Å². The minimum Gasteiger partial charge on any atom is -0.311 e. The normalized spacial score (nSPS) is 23.4. The van der Waals surface area contributed by atoms with Gasteiger partial charge in [-0.15, -0.1) is 11.3 Å². The molecule has 2 nitrogen and oxygen atoms in total. The molecule has 1 aromatic heterocycles. The smallest absolute Gasteiger partial charge is 0.0701 e. The van der Waals surface area contributed by atoms with Gasteiger partial charge >= 0.3 is 0 Å². The van der Waals surface area contributed by atoms with Crippen molar-refractivity contribution < 1.29 is 0 Å². The maximum absolute atomic E-state index is 3.78. The van der Waals surface area contributed by atoms with Crippen LogP contribution in [0.1, 0.15) is 45.4 Å². The molecule has 0 spiro atoms. The summed E-state index contributed by atoms with van der Waals surface area (Å²) in [7, 11) is 0. The van der Waals surface area contributed by atoms with Crippen LogP contribution in [-0.2, 0) is 6.54 Å². The number of nitrogens with one attached hydrogen (secondary N) is 1. The topological polar surface area (TPSA) is 15.3 Å². The van der Waals surface area contributed by atoms with Crippen LogP contribution >= 0.6 is 27.3 Å². The molecule has 0 bridgehead atoms. The minimum absolute atomic E-state index is 0.321. The second kappa shape index (κ2) is 6.91. The number of hydrogen-bond donors (Lipinski definition) is 1. The van der Waals surface area contributed by atoms with Crippen LogP contribution < -0.4 is 5.32 Å². The van der Waals surface area contributed by atoms with E-state index in [1.54, 1.807) is 0 Å². The number of piperazine rings is 1. The van der Waals surface area contributed by atoms with E-state index in [4.69, 9.17) is 0 Å². The van der Waals surface area contributed by atoms with E-state index in [1.165, 1.54) is 21.5 Å². The molecule has 1 unspecified atom stereocenters. The van der Waals surface area contributed by atoms with Crippen LogP contribution in [0.25, 0.3) is 0 Å². The van der Waals surface area contributed by atoms with E-state index in [9.17, 15) is 0 Å². The first-order valence-electron chi connectivity index (χ1n) is 7.73. The Balaban J connectivity index is 2.17. The summed E-state index contributed by atoms with van der Waals surface area (Å²) in [4.78, 5) is 4.19. The van der Waals surface area contributed by atoms with E-state index < -0.39 is 0 Å². The van der Waals surface area contributed by atoms with Gasteiger partial charge in [0, 0.05) is 36.1 Å². The van der Waals surface area contributed by atoms with E-state index in [0.29, 0.717) is 17.5 Å². The molecule has 0 aliphatic carbocycles. The van der Waals surface area contributed by atoms with Crippen molar-refractivity contribution in [3.05, 3.63) is 20.8 Å². The molecule has 1 aliphatic heterocycles. The molecule has 20 heavy (non-hydrogen) atoms. The lowest BCUT2D eigenvalue weighted by Gasteiger charge is -2.50. The van der Waals surface area contributed by atoms with Crippen molar-refractivity contribution in [2.45, 2.75) is 58.7 Å². The highest BCUT2D eigenvalue weighted by Crippen LogP contribution is 2.32. The highest BCUT2D eigenvalue weighted by molar-refractivity contribution is 9.11.